The Morgan fingerprint density at radius 2 is 2.35 bits per heavy atom. The molecule has 88 valence electrons. The van der Waals surface area contributed by atoms with Crippen molar-refractivity contribution >= 4 is 17.1 Å². The first kappa shape index (κ1) is 11.6. The summed E-state index contributed by atoms with van der Waals surface area (Å²) in [5, 5.41) is 9.38. The number of aromatic nitrogens is 1. The molecule has 5 heteroatoms. The van der Waals surface area contributed by atoms with E-state index in [2.05, 4.69) is 0 Å². The van der Waals surface area contributed by atoms with Gasteiger partial charge in [0.2, 0.25) is 0 Å². The number of carbonyl (C=O) groups excluding carboxylic acids is 1. The highest BCUT2D eigenvalue weighted by Crippen LogP contribution is 2.13. The number of Topliss-reactive ketones (excluding diaryl/α,β-unsaturated/α-hetero) is 1. The van der Waals surface area contributed by atoms with E-state index in [1.54, 1.807) is 47.5 Å². The van der Waals surface area contributed by atoms with Gasteiger partial charge in [-0.05, 0) is 12.1 Å². The average molecular weight is 248 g/mol. The van der Waals surface area contributed by atoms with Gasteiger partial charge in [-0.3, -0.25) is 10.2 Å². The highest BCUT2D eigenvalue weighted by Gasteiger charge is 2.08. The Balaban J connectivity index is 2.20. The Hall–Kier alpha value is -1.88. The van der Waals surface area contributed by atoms with E-state index in [0.717, 1.165) is 0 Å². The number of thiazole rings is 1. The molecule has 0 saturated carbocycles. The summed E-state index contributed by atoms with van der Waals surface area (Å²) in [5.41, 5.74) is 0.599. The molecule has 4 nitrogen and oxygen atoms in total. The Bertz CT molecular complexity index is 586. The van der Waals surface area contributed by atoms with Crippen molar-refractivity contribution in [1.29, 1.82) is 5.41 Å². The fraction of sp³-hybridized carbons (Fsp3) is 0.167. The molecule has 2 rings (SSSR count). The maximum Gasteiger partial charge on any atom is 0.182 e. The number of ketones is 1. The molecule has 2 aromatic rings. The second-order valence-electron chi connectivity index (χ2n) is 3.49. The van der Waals surface area contributed by atoms with Crippen molar-refractivity contribution < 1.29 is 9.53 Å². The second kappa shape index (κ2) is 4.97. The minimum absolute atomic E-state index is 0.0270. The van der Waals surface area contributed by atoms with Crippen LogP contribution in [0.5, 0.6) is 5.75 Å². The predicted molar refractivity (Wildman–Crippen MR) is 65.5 cm³/mol. The molecule has 0 aliphatic carbocycles. The minimum Gasteiger partial charge on any atom is -0.497 e. The highest BCUT2D eigenvalue weighted by atomic mass is 32.1. The summed E-state index contributed by atoms with van der Waals surface area (Å²) in [5.74, 6) is 0.637. The van der Waals surface area contributed by atoms with Crippen molar-refractivity contribution in [3.63, 3.8) is 0 Å². The molecule has 0 fully saturated rings. The van der Waals surface area contributed by atoms with Crippen LogP contribution in [-0.4, -0.2) is 17.5 Å². The van der Waals surface area contributed by atoms with E-state index in [1.165, 1.54) is 11.3 Å². The van der Waals surface area contributed by atoms with E-state index in [1.807, 2.05) is 0 Å². The van der Waals surface area contributed by atoms with E-state index in [-0.39, 0.29) is 12.3 Å². The average Bonchev–Trinajstić information content (AvgIpc) is 2.75. The lowest BCUT2D eigenvalue weighted by Crippen LogP contribution is -2.18. The van der Waals surface area contributed by atoms with Crippen molar-refractivity contribution in [1.82, 2.24) is 4.57 Å². The molecule has 1 N–H and O–H groups in total. The van der Waals surface area contributed by atoms with Gasteiger partial charge in [0, 0.05) is 17.1 Å². The lowest BCUT2D eigenvalue weighted by molar-refractivity contribution is 0.0970. The Morgan fingerprint density at radius 3 is 3.00 bits per heavy atom. The zero-order valence-electron chi connectivity index (χ0n) is 9.34. The number of hydrogen-bond donors (Lipinski definition) is 1. The molecular weight excluding hydrogens is 236 g/mol. The molecule has 0 saturated heterocycles. The van der Waals surface area contributed by atoms with Gasteiger partial charge in [0.15, 0.2) is 10.6 Å². The number of nitrogens with zero attached hydrogens (tertiary/aromatic N) is 1. The van der Waals surface area contributed by atoms with E-state index in [9.17, 15) is 4.79 Å². The van der Waals surface area contributed by atoms with Gasteiger partial charge in [0.05, 0.1) is 13.7 Å². The van der Waals surface area contributed by atoms with Gasteiger partial charge in [-0.2, -0.15) is 0 Å². The molecular formula is C12H12N2O2S. The molecule has 0 unspecified atom stereocenters. The van der Waals surface area contributed by atoms with Gasteiger partial charge in [-0.25, -0.2) is 0 Å². The summed E-state index contributed by atoms with van der Waals surface area (Å²) in [6, 6.07) is 7.04. The van der Waals surface area contributed by atoms with Crippen molar-refractivity contribution in [3.05, 3.63) is 46.2 Å². The standard InChI is InChI=1S/C12H12N2O2S/c1-16-10-4-2-3-9(7-10)11(15)8-14-5-6-17-12(14)13/h2-7,13H,8H2,1H3. The molecule has 0 radical (unpaired) electrons. The topological polar surface area (TPSA) is 55.1 Å². The maximum absolute atomic E-state index is 12.0. The third-order valence-electron chi connectivity index (χ3n) is 2.39. The molecule has 0 aliphatic heterocycles. The van der Waals surface area contributed by atoms with Crippen LogP contribution in [0.4, 0.5) is 0 Å². The fourth-order valence-electron chi connectivity index (χ4n) is 1.47. The van der Waals surface area contributed by atoms with Crippen molar-refractivity contribution in [2.45, 2.75) is 6.54 Å². The summed E-state index contributed by atoms with van der Waals surface area (Å²) in [6.07, 6.45) is 1.74. The number of hydrogen-bond acceptors (Lipinski definition) is 4. The van der Waals surface area contributed by atoms with Crippen LogP contribution < -0.4 is 9.54 Å². The molecule has 0 amide bonds. The number of carbonyl (C=O) groups is 1. The zero-order chi connectivity index (χ0) is 12.3. The predicted octanol–water partition coefficient (Wildman–Crippen LogP) is 1.92. The molecule has 0 bridgehead atoms. The number of ether oxygens (including phenoxy) is 1. The SMILES string of the molecule is COc1cccc(C(=O)Cn2ccsc2=N)c1. The molecule has 0 aliphatic rings. The maximum atomic E-state index is 12.0. The lowest BCUT2D eigenvalue weighted by Gasteiger charge is -2.04. The molecule has 1 heterocycles. The first-order valence-electron chi connectivity index (χ1n) is 5.06. The quantitative estimate of drug-likeness (QED) is 0.840. The summed E-state index contributed by atoms with van der Waals surface area (Å²) in [6.45, 7) is 0.190. The number of benzene rings is 1. The van der Waals surface area contributed by atoms with Gasteiger partial charge in [0.25, 0.3) is 0 Å². The number of methoxy groups -OCH3 is 1. The summed E-state index contributed by atoms with van der Waals surface area (Å²) in [4.78, 5) is 12.4. The fourth-order valence-corrected chi connectivity index (χ4v) is 2.07. The smallest absolute Gasteiger partial charge is 0.182 e. The van der Waals surface area contributed by atoms with Crippen molar-refractivity contribution in [3.8, 4) is 5.75 Å². The van der Waals surface area contributed by atoms with Gasteiger partial charge in [0.1, 0.15) is 5.75 Å². The van der Waals surface area contributed by atoms with Crippen LogP contribution in [0, 0.1) is 5.41 Å². The Kier molecular flexibility index (Phi) is 3.39. The van der Waals surface area contributed by atoms with E-state index in [4.69, 9.17) is 10.1 Å². The highest BCUT2D eigenvalue weighted by molar-refractivity contribution is 7.06. The van der Waals surface area contributed by atoms with E-state index in [0.29, 0.717) is 16.1 Å². The van der Waals surface area contributed by atoms with Crippen molar-refractivity contribution in [2.75, 3.05) is 7.11 Å². The van der Waals surface area contributed by atoms with Crippen LogP contribution >= 0.6 is 11.3 Å². The van der Waals surface area contributed by atoms with Crippen molar-refractivity contribution in [2.24, 2.45) is 0 Å². The summed E-state index contributed by atoms with van der Waals surface area (Å²) in [7, 11) is 1.57. The van der Waals surface area contributed by atoms with Crippen LogP contribution in [0.2, 0.25) is 0 Å². The van der Waals surface area contributed by atoms with Crippen LogP contribution in [0.1, 0.15) is 10.4 Å². The Labute approximate surface area is 103 Å². The monoisotopic (exact) mass is 248 g/mol. The molecule has 1 aromatic carbocycles. The Morgan fingerprint density at radius 1 is 1.53 bits per heavy atom. The second-order valence-corrected chi connectivity index (χ2v) is 4.39. The first-order valence-corrected chi connectivity index (χ1v) is 5.94. The van der Waals surface area contributed by atoms with E-state index >= 15 is 0 Å². The lowest BCUT2D eigenvalue weighted by atomic mass is 10.1. The molecule has 17 heavy (non-hydrogen) atoms. The van der Waals surface area contributed by atoms with Crippen LogP contribution in [-0.2, 0) is 6.54 Å². The van der Waals surface area contributed by atoms with Crippen LogP contribution in [0.25, 0.3) is 0 Å². The van der Waals surface area contributed by atoms with Gasteiger partial charge in [-0.1, -0.05) is 12.1 Å². The number of nitrogens with one attached hydrogen (secondary N) is 1. The largest absolute Gasteiger partial charge is 0.497 e. The summed E-state index contributed by atoms with van der Waals surface area (Å²) >= 11 is 1.30. The molecule has 0 spiro atoms. The molecule has 0 atom stereocenters. The first-order chi connectivity index (χ1) is 8.20. The summed E-state index contributed by atoms with van der Waals surface area (Å²) < 4.78 is 6.69. The van der Waals surface area contributed by atoms with Gasteiger partial charge in [-0.15, -0.1) is 11.3 Å². The van der Waals surface area contributed by atoms with Gasteiger partial charge >= 0.3 is 0 Å². The minimum atomic E-state index is -0.0270. The zero-order valence-corrected chi connectivity index (χ0v) is 10.2. The normalized spacial score (nSPS) is 10.2. The number of rotatable bonds is 4. The van der Waals surface area contributed by atoms with Crippen LogP contribution in [0.3, 0.4) is 0 Å². The van der Waals surface area contributed by atoms with Crippen LogP contribution in [0.15, 0.2) is 35.8 Å². The third kappa shape index (κ3) is 2.62. The van der Waals surface area contributed by atoms with E-state index < -0.39 is 0 Å². The third-order valence-corrected chi connectivity index (χ3v) is 3.10. The molecule has 1 aromatic heterocycles. The van der Waals surface area contributed by atoms with Gasteiger partial charge < -0.3 is 9.30 Å².